The highest BCUT2D eigenvalue weighted by Gasteiger charge is 2.25. The van der Waals surface area contributed by atoms with E-state index >= 15 is 0 Å². The van der Waals surface area contributed by atoms with Crippen LogP contribution in [0.1, 0.15) is 56.7 Å². The average Bonchev–Trinajstić information content (AvgIpc) is 3.12. The molecule has 7 heteroatoms. The lowest BCUT2D eigenvalue weighted by atomic mass is 9.94. The van der Waals surface area contributed by atoms with Gasteiger partial charge in [-0.3, -0.25) is 4.79 Å². The molecule has 2 aromatic rings. The van der Waals surface area contributed by atoms with Gasteiger partial charge in [0.25, 0.3) is 5.91 Å². The van der Waals surface area contributed by atoms with Crippen LogP contribution in [0.4, 0.5) is 5.82 Å². The van der Waals surface area contributed by atoms with Crippen molar-refractivity contribution in [2.24, 2.45) is 5.92 Å². The maximum absolute atomic E-state index is 12.6. The zero-order valence-corrected chi connectivity index (χ0v) is 18.2. The van der Waals surface area contributed by atoms with Crippen LogP contribution in [-0.2, 0) is 16.7 Å². The summed E-state index contributed by atoms with van der Waals surface area (Å²) in [7, 11) is 1.78. The van der Waals surface area contributed by atoms with E-state index in [0.717, 1.165) is 44.1 Å². The second-order valence-corrected chi connectivity index (χ2v) is 8.88. The molecule has 0 bridgehead atoms. The van der Waals surface area contributed by atoms with Gasteiger partial charge in [0.2, 0.25) is 0 Å². The number of pyridine rings is 1. The number of amides is 1. The molecule has 0 unspecified atom stereocenters. The molecule has 2 aromatic heterocycles. The van der Waals surface area contributed by atoms with Crippen LogP contribution in [0.25, 0.3) is 11.3 Å². The smallest absolute Gasteiger partial charge is 0.255 e. The SMILES string of the molecule is CCN(C)C(=O)c1cnc(N)c(-c2cn(CC3CCOCC3)c(C(C)(C)C)n2)c1. The first kappa shape index (κ1) is 21.3. The molecule has 158 valence electrons. The van der Waals surface area contributed by atoms with Gasteiger partial charge in [-0.15, -0.1) is 0 Å². The van der Waals surface area contributed by atoms with Crippen molar-refractivity contribution in [3.8, 4) is 11.3 Å². The van der Waals surface area contributed by atoms with Gasteiger partial charge in [-0.2, -0.15) is 0 Å². The van der Waals surface area contributed by atoms with E-state index in [1.807, 2.05) is 13.0 Å². The van der Waals surface area contributed by atoms with Crippen molar-refractivity contribution in [1.82, 2.24) is 19.4 Å². The van der Waals surface area contributed by atoms with Crippen molar-refractivity contribution in [1.29, 1.82) is 0 Å². The van der Waals surface area contributed by atoms with E-state index < -0.39 is 0 Å². The molecular weight excluding hydrogens is 366 g/mol. The molecule has 0 saturated carbocycles. The van der Waals surface area contributed by atoms with Crippen molar-refractivity contribution < 1.29 is 9.53 Å². The van der Waals surface area contributed by atoms with E-state index in [1.165, 1.54) is 6.20 Å². The Bertz CT molecular complexity index is 863. The molecule has 0 aromatic carbocycles. The van der Waals surface area contributed by atoms with E-state index in [2.05, 4.69) is 36.5 Å². The first-order valence-electron chi connectivity index (χ1n) is 10.4. The first-order valence-corrected chi connectivity index (χ1v) is 10.4. The Balaban J connectivity index is 1.99. The van der Waals surface area contributed by atoms with Crippen LogP contribution in [-0.4, -0.2) is 52.1 Å². The fourth-order valence-electron chi connectivity index (χ4n) is 3.65. The monoisotopic (exact) mass is 399 g/mol. The molecule has 0 radical (unpaired) electrons. The summed E-state index contributed by atoms with van der Waals surface area (Å²) in [6.45, 7) is 11.6. The number of hydrogen-bond donors (Lipinski definition) is 1. The lowest BCUT2D eigenvalue weighted by Gasteiger charge is -2.25. The fourth-order valence-corrected chi connectivity index (χ4v) is 3.65. The van der Waals surface area contributed by atoms with Gasteiger partial charge >= 0.3 is 0 Å². The van der Waals surface area contributed by atoms with Crippen molar-refractivity contribution in [2.75, 3.05) is 32.5 Å². The van der Waals surface area contributed by atoms with Crippen molar-refractivity contribution in [2.45, 2.75) is 52.5 Å². The molecule has 1 amide bonds. The van der Waals surface area contributed by atoms with E-state index in [0.29, 0.717) is 29.4 Å². The second-order valence-electron chi connectivity index (χ2n) is 8.88. The van der Waals surface area contributed by atoms with Gasteiger partial charge in [-0.05, 0) is 31.7 Å². The molecule has 0 spiro atoms. The van der Waals surface area contributed by atoms with Gasteiger partial charge in [0.05, 0.1) is 11.3 Å². The largest absolute Gasteiger partial charge is 0.383 e. The fraction of sp³-hybridized carbons (Fsp3) is 0.591. The number of rotatable bonds is 5. The number of nitrogens with zero attached hydrogens (tertiary/aromatic N) is 4. The Morgan fingerprint density at radius 1 is 1.34 bits per heavy atom. The van der Waals surface area contributed by atoms with Gasteiger partial charge < -0.3 is 19.9 Å². The summed E-state index contributed by atoms with van der Waals surface area (Å²) in [5, 5.41) is 0. The molecular formula is C22H33N5O2. The summed E-state index contributed by atoms with van der Waals surface area (Å²) < 4.78 is 7.75. The normalized spacial score (nSPS) is 15.5. The van der Waals surface area contributed by atoms with Crippen LogP contribution < -0.4 is 5.73 Å². The number of carbonyl (C=O) groups excluding carboxylic acids is 1. The van der Waals surface area contributed by atoms with Crippen LogP contribution in [0, 0.1) is 5.92 Å². The van der Waals surface area contributed by atoms with Crippen LogP contribution in [0.15, 0.2) is 18.5 Å². The molecule has 0 aliphatic carbocycles. The number of aromatic nitrogens is 3. The van der Waals surface area contributed by atoms with Crippen LogP contribution in [0.2, 0.25) is 0 Å². The molecule has 3 heterocycles. The number of imidazole rings is 1. The van der Waals surface area contributed by atoms with E-state index in [1.54, 1.807) is 11.9 Å². The van der Waals surface area contributed by atoms with E-state index in [9.17, 15) is 4.79 Å². The third-order valence-electron chi connectivity index (χ3n) is 5.51. The van der Waals surface area contributed by atoms with E-state index in [-0.39, 0.29) is 11.3 Å². The summed E-state index contributed by atoms with van der Waals surface area (Å²) in [5.74, 6) is 1.91. The van der Waals surface area contributed by atoms with Crippen molar-refractivity contribution in [3.63, 3.8) is 0 Å². The highest BCUT2D eigenvalue weighted by atomic mass is 16.5. The maximum Gasteiger partial charge on any atom is 0.255 e. The molecule has 1 fully saturated rings. The highest BCUT2D eigenvalue weighted by molar-refractivity contribution is 5.95. The van der Waals surface area contributed by atoms with Crippen LogP contribution >= 0.6 is 0 Å². The predicted molar refractivity (Wildman–Crippen MR) is 115 cm³/mol. The Labute approximate surface area is 173 Å². The summed E-state index contributed by atoms with van der Waals surface area (Å²) in [4.78, 5) is 23.4. The topological polar surface area (TPSA) is 86.3 Å². The second kappa shape index (κ2) is 8.53. The highest BCUT2D eigenvalue weighted by Crippen LogP contribution is 2.31. The Morgan fingerprint density at radius 3 is 2.66 bits per heavy atom. The predicted octanol–water partition coefficient (Wildman–Crippen LogP) is 3.34. The van der Waals surface area contributed by atoms with Crippen LogP contribution in [0.5, 0.6) is 0 Å². The van der Waals surface area contributed by atoms with Gasteiger partial charge in [0.1, 0.15) is 11.6 Å². The molecule has 1 aliphatic rings. The minimum atomic E-state index is -0.110. The van der Waals surface area contributed by atoms with Gasteiger partial charge in [-0.25, -0.2) is 9.97 Å². The zero-order valence-electron chi connectivity index (χ0n) is 18.2. The number of anilines is 1. The van der Waals surface area contributed by atoms with Gasteiger partial charge in [-0.1, -0.05) is 20.8 Å². The van der Waals surface area contributed by atoms with Crippen molar-refractivity contribution in [3.05, 3.63) is 29.8 Å². The summed E-state index contributed by atoms with van der Waals surface area (Å²) in [6, 6.07) is 1.81. The third kappa shape index (κ3) is 4.78. The molecule has 1 aliphatic heterocycles. The summed E-state index contributed by atoms with van der Waals surface area (Å²) >= 11 is 0. The average molecular weight is 400 g/mol. The number of nitrogen functional groups attached to an aromatic ring is 1. The lowest BCUT2D eigenvalue weighted by Crippen LogP contribution is -2.26. The van der Waals surface area contributed by atoms with E-state index in [4.69, 9.17) is 15.5 Å². The van der Waals surface area contributed by atoms with Gasteiger partial charge in [0, 0.05) is 56.7 Å². The van der Waals surface area contributed by atoms with Crippen molar-refractivity contribution >= 4 is 11.7 Å². The maximum atomic E-state index is 12.6. The Kier molecular flexibility index (Phi) is 6.27. The third-order valence-corrected chi connectivity index (χ3v) is 5.51. The zero-order chi connectivity index (χ0) is 21.2. The minimum Gasteiger partial charge on any atom is -0.383 e. The first-order chi connectivity index (χ1) is 13.7. The molecule has 3 rings (SSSR count). The summed E-state index contributed by atoms with van der Waals surface area (Å²) in [5.41, 5.74) is 8.06. The Hall–Kier alpha value is -2.41. The molecule has 2 N–H and O–H groups in total. The standard InChI is InChI=1S/C22H33N5O2/c1-6-26(5)20(28)16-11-17(19(23)24-12-16)18-14-27(21(25-18)22(2,3)4)13-15-7-9-29-10-8-15/h11-12,14-15H,6-10,13H2,1-5H3,(H2,23,24). The number of carbonyl (C=O) groups is 1. The quantitative estimate of drug-likeness (QED) is 0.833. The molecule has 29 heavy (non-hydrogen) atoms. The Morgan fingerprint density at radius 2 is 2.03 bits per heavy atom. The molecule has 7 nitrogen and oxygen atoms in total. The number of hydrogen-bond acceptors (Lipinski definition) is 5. The number of nitrogens with two attached hydrogens (primary N) is 1. The lowest BCUT2D eigenvalue weighted by molar-refractivity contribution is 0.0607. The number of ether oxygens (including phenoxy) is 1. The minimum absolute atomic E-state index is 0.0704. The molecule has 1 saturated heterocycles. The summed E-state index contributed by atoms with van der Waals surface area (Å²) in [6.07, 6.45) is 5.72. The van der Waals surface area contributed by atoms with Crippen LogP contribution in [0.3, 0.4) is 0 Å². The molecule has 0 atom stereocenters. The van der Waals surface area contributed by atoms with Gasteiger partial charge in [0.15, 0.2) is 0 Å².